The molecular weight excluding hydrogens is 316 g/mol. The third kappa shape index (κ3) is 3.29. The van der Waals surface area contributed by atoms with Crippen molar-refractivity contribution in [2.45, 2.75) is 18.9 Å². The maximum Gasteiger partial charge on any atom is 0.281 e. The highest BCUT2D eigenvalue weighted by Crippen LogP contribution is 2.25. The standard InChI is InChI=1S/C15H20N4O3S/c1-18(2)23(20,21)19-9-7-13(8-10-19)22-15-14-6-4-3-5-12(14)11-16-17-15/h3-6,11,13H,7-10H2,1-2H3. The van der Waals surface area contributed by atoms with Gasteiger partial charge in [0.2, 0.25) is 5.88 Å². The van der Waals surface area contributed by atoms with E-state index in [0.29, 0.717) is 31.8 Å². The number of nitrogens with zero attached hydrogens (tertiary/aromatic N) is 4. The second kappa shape index (κ2) is 6.38. The van der Waals surface area contributed by atoms with Crippen molar-refractivity contribution in [2.24, 2.45) is 0 Å². The smallest absolute Gasteiger partial charge is 0.281 e. The summed E-state index contributed by atoms with van der Waals surface area (Å²) in [5, 5.41) is 9.95. The third-order valence-corrected chi connectivity index (χ3v) is 5.94. The van der Waals surface area contributed by atoms with Crippen LogP contribution in [0.1, 0.15) is 12.8 Å². The topological polar surface area (TPSA) is 75.6 Å². The van der Waals surface area contributed by atoms with Crippen LogP contribution in [0.5, 0.6) is 5.88 Å². The van der Waals surface area contributed by atoms with Gasteiger partial charge in [0.1, 0.15) is 6.10 Å². The molecule has 0 atom stereocenters. The maximum absolute atomic E-state index is 12.1. The van der Waals surface area contributed by atoms with Gasteiger partial charge in [-0.3, -0.25) is 0 Å². The monoisotopic (exact) mass is 336 g/mol. The molecule has 0 N–H and O–H groups in total. The fourth-order valence-corrected chi connectivity index (χ4v) is 3.79. The summed E-state index contributed by atoms with van der Waals surface area (Å²) in [5.41, 5.74) is 0. The minimum absolute atomic E-state index is 0.0521. The van der Waals surface area contributed by atoms with Gasteiger partial charge in [0.05, 0.1) is 6.20 Å². The van der Waals surface area contributed by atoms with Crippen molar-refractivity contribution in [1.29, 1.82) is 0 Å². The lowest BCUT2D eigenvalue weighted by atomic mass is 10.1. The van der Waals surface area contributed by atoms with Crippen molar-refractivity contribution in [2.75, 3.05) is 27.2 Å². The zero-order valence-corrected chi connectivity index (χ0v) is 14.0. The predicted molar refractivity (Wildman–Crippen MR) is 87.4 cm³/mol. The largest absolute Gasteiger partial charge is 0.473 e. The van der Waals surface area contributed by atoms with Crippen LogP contribution >= 0.6 is 0 Å². The van der Waals surface area contributed by atoms with Crippen molar-refractivity contribution in [3.63, 3.8) is 0 Å². The molecule has 1 aromatic carbocycles. The Balaban J connectivity index is 1.69. The van der Waals surface area contributed by atoms with Crippen molar-refractivity contribution in [3.05, 3.63) is 30.5 Å². The number of aromatic nitrogens is 2. The quantitative estimate of drug-likeness (QED) is 0.841. The van der Waals surface area contributed by atoms with Crippen LogP contribution in [-0.2, 0) is 10.2 Å². The van der Waals surface area contributed by atoms with Crippen molar-refractivity contribution in [3.8, 4) is 5.88 Å². The molecule has 23 heavy (non-hydrogen) atoms. The number of benzene rings is 1. The maximum atomic E-state index is 12.1. The van der Waals surface area contributed by atoms with E-state index in [0.717, 1.165) is 10.8 Å². The first-order valence-electron chi connectivity index (χ1n) is 7.53. The lowest BCUT2D eigenvalue weighted by Gasteiger charge is -2.32. The summed E-state index contributed by atoms with van der Waals surface area (Å²) in [5.74, 6) is 0.511. The fraction of sp³-hybridized carbons (Fsp3) is 0.467. The number of piperidine rings is 1. The minimum Gasteiger partial charge on any atom is -0.473 e. The van der Waals surface area contributed by atoms with E-state index in [-0.39, 0.29) is 6.10 Å². The van der Waals surface area contributed by atoms with Gasteiger partial charge in [0.15, 0.2) is 0 Å². The number of ether oxygens (including phenoxy) is 1. The molecule has 1 aliphatic rings. The molecule has 1 aromatic heterocycles. The number of rotatable bonds is 4. The zero-order valence-electron chi connectivity index (χ0n) is 13.2. The Bertz CT molecular complexity index is 781. The van der Waals surface area contributed by atoms with E-state index in [4.69, 9.17) is 4.74 Å². The van der Waals surface area contributed by atoms with Crippen molar-refractivity contribution < 1.29 is 13.2 Å². The molecule has 3 rings (SSSR count). The summed E-state index contributed by atoms with van der Waals surface area (Å²) < 4.78 is 32.9. The molecule has 124 valence electrons. The molecule has 0 spiro atoms. The van der Waals surface area contributed by atoms with Gasteiger partial charge in [0.25, 0.3) is 10.2 Å². The molecule has 1 fully saturated rings. The van der Waals surface area contributed by atoms with Gasteiger partial charge in [-0.15, -0.1) is 5.10 Å². The molecule has 0 aliphatic carbocycles. The Morgan fingerprint density at radius 3 is 2.61 bits per heavy atom. The Kier molecular flexibility index (Phi) is 4.47. The summed E-state index contributed by atoms with van der Waals surface area (Å²) in [6.45, 7) is 0.896. The SMILES string of the molecule is CN(C)S(=O)(=O)N1CCC(Oc2nncc3ccccc23)CC1. The van der Waals surface area contributed by atoms with E-state index in [1.54, 1.807) is 20.3 Å². The van der Waals surface area contributed by atoms with Crippen LogP contribution in [0.25, 0.3) is 10.8 Å². The molecule has 0 radical (unpaired) electrons. The number of hydrogen-bond donors (Lipinski definition) is 0. The summed E-state index contributed by atoms with van der Waals surface area (Å²) in [6, 6.07) is 7.79. The Morgan fingerprint density at radius 1 is 1.22 bits per heavy atom. The van der Waals surface area contributed by atoms with E-state index in [2.05, 4.69) is 10.2 Å². The van der Waals surface area contributed by atoms with Gasteiger partial charge in [-0.2, -0.15) is 22.1 Å². The number of fused-ring (bicyclic) bond motifs is 1. The third-order valence-electron chi connectivity index (χ3n) is 4.00. The summed E-state index contributed by atoms with van der Waals surface area (Å²) in [7, 11) is -0.257. The van der Waals surface area contributed by atoms with Crippen molar-refractivity contribution in [1.82, 2.24) is 18.8 Å². The van der Waals surface area contributed by atoms with E-state index >= 15 is 0 Å². The first-order valence-corrected chi connectivity index (χ1v) is 8.93. The zero-order chi connectivity index (χ0) is 16.4. The molecular formula is C15H20N4O3S. The van der Waals surface area contributed by atoms with Gasteiger partial charge >= 0.3 is 0 Å². The van der Waals surface area contributed by atoms with Crippen LogP contribution < -0.4 is 4.74 Å². The average molecular weight is 336 g/mol. The van der Waals surface area contributed by atoms with Crippen molar-refractivity contribution >= 4 is 21.0 Å². The van der Waals surface area contributed by atoms with Gasteiger partial charge in [-0.25, -0.2) is 0 Å². The summed E-state index contributed by atoms with van der Waals surface area (Å²) >= 11 is 0. The molecule has 0 amide bonds. The Morgan fingerprint density at radius 2 is 1.91 bits per heavy atom. The van der Waals surface area contributed by atoms with Crippen LogP contribution in [0.15, 0.2) is 30.5 Å². The first kappa shape index (κ1) is 16.1. The normalized spacial score (nSPS) is 17.7. The lowest BCUT2D eigenvalue weighted by Crippen LogP contribution is -2.46. The highest BCUT2D eigenvalue weighted by Gasteiger charge is 2.30. The van der Waals surface area contributed by atoms with Gasteiger partial charge < -0.3 is 4.74 Å². The van der Waals surface area contributed by atoms with E-state index < -0.39 is 10.2 Å². The van der Waals surface area contributed by atoms with E-state index in [9.17, 15) is 8.42 Å². The molecule has 1 saturated heterocycles. The van der Waals surface area contributed by atoms with Gasteiger partial charge in [-0.1, -0.05) is 18.2 Å². The van der Waals surface area contributed by atoms with E-state index in [1.807, 2.05) is 24.3 Å². The molecule has 1 aliphatic heterocycles. The summed E-state index contributed by atoms with van der Waals surface area (Å²) in [4.78, 5) is 0. The second-order valence-corrected chi connectivity index (χ2v) is 7.89. The molecule has 2 heterocycles. The molecule has 8 heteroatoms. The lowest BCUT2D eigenvalue weighted by molar-refractivity contribution is 0.128. The van der Waals surface area contributed by atoms with Crippen LogP contribution in [0.4, 0.5) is 0 Å². The molecule has 7 nitrogen and oxygen atoms in total. The van der Waals surface area contributed by atoms with Crippen LogP contribution in [0.3, 0.4) is 0 Å². The summed E-state index contributed by atoms with van der Waals surface area (Å²) in [6.07, 6.45) is 2.92. The van der Waals surface area contributed by atoms with Gasteiger partial charge in [0, 0.05) is 38.0 Å². The Labute approximate surface area is 136 Å². The Hall–Kier alpha value is -1.77. The first-order chi connectivity index (χ1) is 11.0. The van der Waals surface area contributed by atoms with E-state index in [1.165, 1.54) is 8.61 Å². The second-order valence-electron chi connectivity index (χ2n) is 5.74. The van der Waals surface area contributed by atoms with Crippen LogP contribution in [0.2, 0.25) is 0 Å². The average Bonchev–Trinajstić information content (AvgIpc) is 2.55. The molecule has 2 aromatic rings. The molecule has 0 unspecified atom stereocenters. The minimum atomic E-state index is -3.35. The van der Waals surface area contributed by atoms with Crippen LogP contribution in [-0.4, -0.2) is 60.5 Å². The predicted octanol–water partition coefficient (Wildman–Crippen LogP) is 1.28. The van der Waals surface area contributed by atoms with Crippen LogP contribution in [0, 0.1) is 0 Å². The van der Waals surface area contributed by atoms with Gasteiger partial charge in [-0.05, 0) is 18.9 Å². The molecule has 0 bridgehead atoms. The highest BCUT2D eigenvalue weighted by atomic mass is 32.2. The highest BCUT2D eigenvalue weighted by molar-refractivity contribution is 7.86. The fourth-order valence-electron chi connectivity index (χ4n) is 2.66. The molecule has 0 saturated carbocycles. The number of hydrogen-bond acceptors (Lipinski definition) is 5.